The van der Waals surface area contributed by atoms with Gasteiger partial charge in [-0.25, -0.2) is 14.6 Å². The van der Waals surface area contributed by atoms with E-state index in [4.69, 9.17) is 5.11 Å². The van der Waals surface area contributed by atoms with Gasteiger partial charge in [0.15, 0.2) is 11.5 Å². The molecule has 0 aliphatic carbocycles. The van der Waals surface area contributed by atoms with Crippen molar-refractivity contribution < 1.29 is 14.7 Å². The number of carboxylic acids is 1. The lowest BCUT2D eigenvalue weighted by Gasteiger charge is -2.10. The average Bonchev–Trinajstić information content (AvgIpc) is 3.10. The molecule has 2 amide bonds. The first-order valence-corrected chi connectivity index (χ1v) is 6.89. The molecule has 4 N–H and O–H groups in total. The fraction of sp³-hybridized carbons (Fsp3) is 0.400. The fourth-order valence-corrected chi connectivity index (χ4v) is 2.24. The summed E-state index contributed by atoms with van der Waals surface area (Å²) in [6.07, 6.45) is 0.460. The van der Waals surface area contributed by atoms with Crippen LogP contribution in [0.4, 0.5) is 4.79 Å². The SMILES string of the molecule is CC(NC(=O)NCCc1nc(C(=O)O)cs1)c1nn[nH]n1. The monoisotopic (exact) mass is 311 g/mol. The standard InChI is InChI=1S/C10H13N7O3S/c1-5(8-14-16-17-15-8)12-10(20)11-3-2-7-13-6(4-21-7)9(18)19/h4-5H,2-3H2,1H3,(H,18,19)(H2,11,12,20)(H,14,15,16,17). The molecule has 0 aliphatic heterocycles. The summed E-state index contributed by atoms with van der Waals surface area (Å²) in [5, 5.41) is 29.4. The van der Waals surface area contributed by atoms with Crippen LogP contribution in [-0.2, 0) is 6.42 Å². The summed E-state index contributed by atoms with van der Waals surface area (Å²) in [5.74, 6) is -0.673. The largest absolute Gasteiger partial charge is 0.476 e. The third-order valence-corrected chi connectivity index (χ3v) is 3.40. The van der Waals surface area contributed by atoms with Gasteiger partial charge in [-0.1, -0.05) is 5.21 Å². The molecule has 2 rings (SSSR count). The highest BCUT2D eigenvalue weighted by atomic mass is 32.1. The Kier molecular flexibility index (Phi) is 4.77. The molecule has 0 fully saturated rings. The number of nitrogens with zero attached hydrogens (tertiary/aromatic N) is 4. The maximum absolute atomic E-state index is 11.6. The molecular weight excluding hydrogens is 298 g/mol. The van der Waals surface area contributed by atoms with E-state index in [1.54, 1.807) is 6.92 Å². The van der Waals surface area contributed by atoms with Crippen molar-refractivity contribution >= 4 is 23.3 Å². The molecule has 0 saturated carbocycles. The van der Waals surface area contributed by atoms with Crippen LogP contribution in [0.1, 0.15) is 34.3 Å². The molecule has 1 unspecified atom stereocenters. The second-order valence-electron chi connectivity index (χ2n) is 4.07. The lowest BCUT2D eigenvalue weighted by molar-refractivity contribution is 0.0691. The van der Waals surface area contributed by atoms with E-state index in [1.165, 1.54) is 16.7 Å². The topological polar surface area (TPSA) is 146 Å². The number of nitrogens with one attached hydrogen (secondary N) is 3. The Morgan fingerprint density at radius 2 is 2.33 bits per heavy atom. The van der Waals surface area contributed by atoms with Gasteiger partial charge >= 0.3 is 12.0 Å². The quantitative estimate of drug-likeness (QED) is 0.585. The minimum absolute atomic E-state index is 0.0187. The van der Waals surface area contributed by atoms with Gasteiger partial charge in [-0.3, -0.25) is 0 Å². The Morgan fingerprint density at radius 3 is 2.95 bits per heavy atom. The van der Waals surface area contributed by atoms with Crippen LogP contribution in [0, 0.1) is 0 Å². The van der Waals surface area contributed by atoms with Gasteiger partial charge in [0.05, 0.1) is 11.0 Å². The van der Waals surface area contributed by atoms with Gasteiger partial charge in [0.1, 0.15) is 0 Å². The van der Waals surface area contributed by atoms with Crippen molar-refractivity contribution in [2.45, 2.75) is 19.4 Å². The van der Waals surface area contributed by atoms with Crippen LogP contribution < -0.4 is 10.6 Å². The number of thiazole rings is 1. The third kappa shape index (κ3) is 4.21. The smallest absolute Gasteiger partial charge is 0.355 e. The normalized spacial score (nSPS) is 11.9. The van der Waals surface area contributed by atoms with E-state index in [0.29, 0.717) is 23.8 Å². The van der Waals surface area contributed by atoms with Crippen LogP contribution in [0.15, 0.2) is 5.38 Å². The number of tetrazole rings is 1. The minimum Gasteiger partial charge on any atom is -0.476 e. The second kappa shape index (κ2) is 6.74. The van der Waals surface area contributed by atoms with Crippen molar-refractivity contribution in [1.29, 1.82) is 0 Å². The fourth-order valence-electron chi connectivity index (χ4n) is 1.47. The average molecular weight is 311 g/mol. The first kappa shape index (κ1) is 14.8. The van der Waals surface area contributed by atoms with Crippen molar-refractivity contribution in [2.75, 3.05) is 6.54 Å². The summed E-state index contributed by atoms with van der Waals surface area (Å²) >= 11 is 1.25. The molecule has 21 heavy (non-hydrogen) atoms. The van der Waals surface area contributed by atoms with Gasteiger partial charge < -0.3 is 15.7 Å². The number of urea groups is 1. The molecule has 112 valence electrons. The van der Waals surface area contributed by atoms with Gasteiger partial charge in [0.25, 0.3) is 0 Å². The Labute approximate surface area is 123 Å². The number of rotatable bonds is 6. The van der Waals surface area contributed by atoms with Crippen molar-refractivity contribution in [3.05, 3.63) is 21.9 Å². The summed E-state index contributed by atoms with van der Waals surface area (Å²) in [5.41, 5.74) is 0.0187. The van der Waals surface area contributed by atoms with Gasteiger partial charge in [-0.05, 0) is 6.92 Å². The summed E-state index contributed by atoms with van der Waals surface area (Å²) in [6.45, 7) is 2.07. The van der Waals surface area contributed by atoms with E-state index in [9.17, 15) is 9.59 Å². The summed E-state index contributed by atoms with van der Waals surface area (Å²) in [4.78, 5) is 26.2. The van der Waals surface area contributed by atoms with Crippen LogP contribution in [0.2, 0.25) is 0 Å². The number of hydrogen-bond acceptors (Lipinski definition) is 7. The molecule has 2 heterocycles. The predicted molar refractivity (Wildman–Crippen MR) is 71.9 cm³/mol. The number of carbonyl (C=O) groups is 2. The van der Waals surface area contributed by atoms with Gasteiger partial charge in [0, 0.05) is 18.3 Å². The van der Waals surface area contributed by atoms with Gasteiger partial charge in [-0.15, -0.1) is 21.5 Å². The number of hydrogen-bond donors (Lipinski definition) is 4. The van der Waals surface area contributed by atoms with Gasteiger partial charge in [0.2, 0.25) is 0 Å². The van der Waals surface area contributed by atoms with Crippen LogP contribution in [0.3, 0.4) is 0 Å². The molecule has 0 aromatic carbocycles. The van der Waals surface area contributed by atoms with Crippen LogP contribution in [-0.4, -0.2) is 49.3 Å². The molecule has 0 bridgehead atoms. The summed E-state index contributed by atoms with van der Waals surface area (Å²) < 4.78 is 0. The molecule has 2 aromatic heterocycles. The number of aromatic carboxylic acids is 1. The van der Waals surface area contributed by atoms with E-state index in [2.05, 4.69) is 36.2 Å². The van der Waals surface area contributed by atoms with Gasteiger partial charge in [-0.2, -0.15) is 5.21 Å². The number of H-pyrrole nitrogens is 1. The zero-order chi connectivity index (χ0) is 15.2. The minimum atomic E-state index is -1.06. The summed E-state index contributed by atoms with van der Waals surface area (Å²) in [7, 11) is 0. The first-order valence-electron chi connectivity index (χ1n) is 6.01. The van der Waals surface area contributed by atoms with Crippen molar-refractivity contribution in [3.63, 3.8) is 0 Å². The van der Waals surface area contributed by atoms with E-state index in [0.717, 1.165) is 0 Å². The number of carbonyl (C=O) groups excluding carboxylic acids is 1. The molecule has 0 aliphatic rings. The van der Waals surface area contributed by atoms with Crippen molar-refractivity contribution in [3.8, 4) is 0 Å². The Morgan fingerprint density at radius 1 is 1.52 bits per heavy atom. The molecule has 11 heteroatoms. The van der Waals surface area contributed by atoms with Crippen LogP contribution >= 0.6 is 11.3 Å². The van der Waals surface area contributed by atoms with Crippen LogP contribution in [0.25, 0.3) is 0 Å². The zero-order valence-corrected chi connectivity index (χ0v) is 11.8. The lowest BCUT2D eigenvalue weighted by Crippen LogP contribution is -2.38. The Balaban J connectivity index is 1.72. The van der Waals surface area contributed by atoms with Crippen molar-refractivity contribution in [1.82, 2.24) is 36.2 Å². The summed E-state index contributed by atoms with van der Waals surface area (Å²) in [6, 6.07) is -0.746. The highest BCUT2D eigenvalue weighted by molar-refractivity contribution is 7.09. The van der Waals surface area contributed by atoms with E-state index in [-0.39, 0.29) is 17.8 Å². The first-order chi connectivity index (χ1) is 10.1. The maximum atomic E-state index is 11.6. The highest BCUT2D eigenvalue weighted by Crippen LogP contribution is 2.09. The van der Waals surface area contributed by atoms with E-state index >= 15 is 0 Å². The predicted octanol–water partition coefficient (Wildman–Crippen LogP) is -0.0427. The molecule has 10 nitrogen and oxygen atoms in total. The van der Waals surface area contributed by atoms with Crippen LogP contribution in [0.5, 0.6) is 0 Å². The maximum Gasteiger partial charge on any atom is 0.355 e. The third-order valence-electron chi connectivity index (χ3n) is 2.49. The number of amides is 2. The number of aromatic nitrogens is 5. The number of carboxylic acid groups (broad SMARTS) is 1. The molecule has 0 radical (unpaired) electrons. The highest BCUT2D eigenvalue weighted by Gasteiger charge is 2.13. The second-order valence-corrected chi connectivity index (χ2v) is 5.02. The van der Waals surface area contributed by atoms with E-state index in [1.807, 2.05) is 0 Å². The molecule has 1 atom stereocenters. The zero-order valence-electron chi connectivity index (χ0n) is 11.0. The lowest BCUT2D eigenvalue weighted by atomic mass is 10.3. The molecule has 0 saturated heterocycles. The number of aromatic amines is 1. The van der Waals surface area contributed by atoms with E-state index < -0.39 is 5.97 Å². The van der Waals surface area contributed by atoms with Crippen molar-refractivity contribution in [2.24, 2.45) is 0 Å². The Bertz CT molecular complexity index is 612. The molecular formula is C10H13N7O3S. The molecule has 0 spiro atoms. The molecule has 2 aromatic rings. The Hall–Kier alpha value is -2.56.